The topological polar surface area (TPSA) is 43.1 Å². The fraction of sp³-hybridized carbons (Fsp3) is 0.111. The van der Waals surface area contributed by atoms with Gasteiger partial charge in [-0.25, -0.2) is 0 Å². The first-order valence-electron chi connectivity index (χ1n) is 4.44. The van der Waals surface area contributed by atoms with Crippen molar-refractivity contribution in [2.24, 2.45) is 0 Å². The maximum absolute atomic E-state index is 12.2. The van der Waals surface area contributed by atoms with E-state index in [0.29, 0.717) is 10.8 Å². The standard InChI is InChI=1S/C9H4Cl2F3NO2S2/c10-7(9(12,13)14)8(11)19-18-6-4-2-1-3-5(6)15(16)17/h1-4H/b8-7+. The van der Waals surface area contributed by atoms with E-state index in [4.69, 9.17) is 23.2 Å². The van der Waals surface area contributed by atoms with Crippen molar-refractivity contribution in [1.29, 1.82) is 0 Å². The molecule has 0 bridgehead atoms. The quantitative estimate of drug-likeness (QED) is 0.406. The average Bonchev–Trinajstić information content (AvgIpc) is 2.34. The van der Waals surface area contributed by atoms with E-state index in [2.05, 4.69) is 0 Å². The van der Waals surface area contributed by atoms with Crippen molar-refractivity contribution in [3.8, 4) is 0 Å². The van der Waals surface area contributed by atoms with Gasteiger partial charge in [-0.3, -0.25) is 10.1 Å². The molecule has 19 heavy (non-hydrogen) atoms. The van der Waals surface area contributed by atoms with E-state index in [1.807, 2.05) is 0 Å². The van der Waals surface area contributed by atoms with E-state index in [0.717, 1.165) is 10.8 Å². The lowest BCUT2D eigenvalue weighted by molar-refractivity contribution is -0.387. The summed E-state index contributed by atoms with van der Waals surface area (Å²) in [5.74, 6) is 0. The SMILES string of the molecule is O=[N+]([O-])c1ccccc1SS/C(Cl)=C(/Cl)C(F)(F)F. The highest BCUT2D eigenvalue weighted by atomic mass is 35.5. The molecule has 104 valence electrons. The van der Waals surface area contributed by atoms with Crippen molar-refractivity contribution < 1.29 is 18.1 Å². The summed E-state index contributed by atoms with van der Waals surface area (Å²) in [5, 5.41) is 9.24. The van der Waals surface area contributed by atoms with Gasteiger partial charge in [0.05, 0.1) is 9.82 Å². The Labute approximate surface area is 123 Å². The van der Waals surface area contributed by atoms with Gasteiger partial charge in [-0.1, -0.05) is 35.3 Å². The van der Waals surface area contributed by atoms with Crippen LogP contribution in [-0.4, -0.2) is 11.1 Å². The monoisotopic (exact) mass is 349 g/mol. The summed E-state index contributed by atoms with van der Waals surface area (Å²) in [6, 6.07) is 5.62. The molecule has 3 nitrogen and oxygen atoms in total. The molecule has 0 saturated heterocycles. The fourth-order valence-electron chi connectivity index (χ4n) is 0.908. The van der Waals surface area contributed by atoms with Crippen molar-refractivity contribution in [1.82, 2.24) is 0 Å². The van der Waals surface area contributed by atoms with Gasteiger partial charge in [0, 0.05) is 6.07 Å². The maximum Gasteiger partial charge on any atom is 0.428 e. The number of alkyl halides is 3. The third kappa shape index (κ3) is 4.79. The third-order valence-corrected chi connectivity index (χ3v) is 5.24. The van der Waals surface area contributed by atoms with Crippen LogP contribution in [0.1, 0.15) is 0 Å². The zero-order valence-corrected chi connectivity index (χ0v) is 11.9. The Balaban J connectivity index is 2.87. The van der Waals surface area contributed by atoms with Crippen molar-refractivity contribution in [3.05, 3.63) is 43.8 Å². The second-order valence-electron chi connectivity index (χ2n) is 2.98. The molecule has 0 radical (unpaired) electrons. The molecule has 0 unspecified atom stereocenters. The Bertz CT molecular complexity index is 522. The number of hydrogen-bond acceptors (Lipinski definition) is 4. The molecular formula is C9H4Cl2F3NO2S2. The van der Waals surface area contributed by atoms with Crippen LogP contribution in [-0.2, 0) is 0 Å². The number of benzene rings is 1. The molecular weight excluding hydrogens is 346 g/mol. The lowest BCUT2D eigenvalue weighted by Crippen LogP contribution is -2.07. The first-order chi connectivity index (χ1) is 8.73. The molecule has 0 aliphatic rings. The summed E-state index contributed by atoms with van der Waals surface area (Å²) in [4.78, 5) is 10.2. The summed E-state index contributed by atoms with van der Waals surface area (Å²) in [6.45, 7) is 0. The minimum Gasteiger partial charge on any atom is -0.258 e. The van der Waals surface area contributed by atoms with Gasteiger partial charge in [-0.2, -0.15) is 13.2 Å². The van der Waals surface area contributed by atoms with Gasteiger partial charge in [-0.05, 0) is 27.7 Å². The number of rotatable bonds is 4. The highest BCUT2D eigenvalue weighted by Gasteiger charge is 2.35. The number of para-hydroxylation sites is 1. The second kappa shape index (κ2) is 6.74. The molecule has 0 aliphatic heterocycles. The molecule has 0 saturated carbocycles. The van der Waals surface area contributed by atoms with Gasteiger partial charge in [0.1, 0.15) is 9.40 Å². The Morgan fingerprint density at radius 3 is 2.37 bits per heavy atom. The lowest BCUT2D eigenvalue weighted by atomic mass is 10.3. The number of nitro groups is 1. The molecule has 0 heterocycles. The zero-order chi connectivity index (χ0) is 14.6. The van der Waals surface area contributed by atoms with Crippen molar-refractivity contribution in [2.45, 2.75) is 11.1 Å². The Kier molecular flexibility index (Phi) is 5.84. The van der Waals surface area contributed by atoms with Crippen LogP contribution in [0.5, 0.6) is 0 Å². The molecule has 0 spiro atoms. The van der Waals surface area contributed by atoms with Crippen LogP contribution in [0, 0.1) is 10.1 Å². The second-order valence-corrected chi connectivity index (χ2v) is 6.14. The normalized spacial score (nSPS) is 13.1. The van der Waals surface area contributed by atoms with Crippen LogP contribution in [0.3, 0.4) is 0 Å². The highest BCUT2D eigenvalue weighted by molar-refractivity contribution is 8.78. The number of hydrogen-bond donors (Lipinski definition) is 0. The summed E-state index contributed by atoms with van der Waals surface area (Å²) in [6.07, 6.45) is -4.74. The summed E-state index contributed by atoms with van der Waals surface area (Å²) in [7, 11) is 1.23. The molecule has 0 aromatic heterocycles. The molecule has 0 atom stereocenters. The molecule has 0 N–H and O–H groups in total. The van der Waals surface area contributed by atoms with E-state index < -0.39 is 20.5 Å². The van der Waals surface area contributed by atoms with Gasteiger partial charge in [0.2, 0.25) is 0 Å². The number of nitro benzene ring substituents is 1. The maximum atomic E-state index is 12.2. The molecule has 1 aromatic carbocycles. The first kappa shape index (κ1) is 16.5. The number of allylic oxidation sites excluding steroid dienone is 1. The van der Waals surface area contributed by atoms with Crippen molar-refractivity contribution >= 4 is 50.5 Å². The van der Waals surface area contributed by atoms with E-state index in [1.165, 1.54) is 24.3 Å². The smallest absolute Gasteiger partial charge is 0.258 e. The van der Waals surface area contributed by atoms with E-state index in [1.54, 1.807) is 0 Å². The van der Waals surface area contributed by atoms with Gasteiger partial charge in [-0.15, -0.1) is 0 Å². The predicted octanol–water partition coefficient (Wildman–Crippen LogP) is 5.54. The van der Waals surface area contributed by atoms with Gasteiger partial charge >= 0.3 is 6.18 Å². The van der Waals surface area contributed by atoms with Crippen LogP contribution < -0.4 is 0 Å². The molecule has 0 aliphatic carbocycles. The summed E-state index contributed by atoms with van der Waals surface area (Å²) >= 11 is 10.4. The van der Waals surface area contributed by atoms with Crippen LogP contribution in [0.25, 0.3) is 0 Å². The van der Waals surface area contributed by atoms with E-state index in [9.17, 15) is 23.3 Å². The molecule has 0 fully saturated rings. The van der Waals surface area contributed by atoms with Crippen LogP contribution in [0.4, 0.5) is 18.9 Å². The van der Waals surface area contributed by atoms with Gasteiger partial charge in [0.25, 0.3) is 5.69 Å². The minimum atomic E-state index is -4.74. The Morgan fingerprint density at radius 2 is 1.84 bits per heavy atom. The van der Waals surface area contributed by atoms with Crippen molar-refractivity contribution in [2.75, 3.05) is 0 Å². The van der Waals surface area contributed by atoms with Crippen LogP contribution >= 0.6 is 44.8 Å². The summed E-state index contributed by atoms with van der Waals surface area (Å²) in [5.41, 5.74) is -0.215. The van der Waals surface area contributed by atoms with Crippen LogP contribution in [0.15, 0.2) is 38.6 Å². The molecule has 10 heteroatoms. The Morgan fingerprint density at radius 1 is 1.26 bits per heavy atom. The van der Waals surface area contributed by atoms with Crippen molar-refractivity contribution in [3.63, 3.8) is 0 Å². The minimum absolute atomic E-state index is 0.183. The molecule has 1 aromatic rings. The highest BCUT2D eigenvalue weighted by Crippen LogP contribution is 2.46. The summed E-state index contributed by atoms with van der Waals surface area (Å²) < 4.78 is 36.0. The molecule has 1 rings (SSSR count). The van der Waals surface area contributed by atoms with Crippen LogP contribution in [0.2, 0.25) is 0 Å². The molecule has 0 amide bonds. The Hall–Kier alpha value is -0.570. The predicted molar refractivity (Wildman–Crippen MR) is 71.3 cm³/mol. The zero-order valence-electron chi connectivity index (χ0n) is 8.78. The number of nitrogens with zero attached hydrogens (tertiary/aromatic N) is 1. The largest absolute Gasteiger partial charge is 0.428 e. The first-order valence-corrected chi connectivity index (χ1v) is 7.34. The van der Waals surface area contributed by atoms with Gasteiger partial charge < -0.3 is 0 Å². The van der Waals surface area contributed by atoms with Gasteiger partial charge in [0.15, 0.2) is 0 Å². The third-order valence-electron chi connectivity index (χ3n) is 1.69. The lowest BCUT2D eigenvalue weighted by Gasteiger charge is -2.07. The van der Waals surface area contributed by atoms with E-state index in [-0.39, 0.29) is 10.6 Å². The average molecular weight is 350 g/mol. The van der Waals surface area contributed by atoms with E-state index >= 15 is 0 Å². The fourth-order valence-corrected chi connectivity index (χ4v) is 3.43. The number of halogens is 5.